The highest BCUT2D eigenvalue weighted by molar-refractivity contribution is 5.78. The van der Waals surface area contributed by atoms with Gasteiger partial charge in [0, 0.05) is 5.92 Å². The van der Waals surface area contributed by atoms with E-state index in [0.29, 0.717) is 12.5 Å². The molecule has 2 atom stereocenters. The summed E-state index contributed by atoms with van der Waals surface area (Å²) in [6.07, 6.45) is 2.48. The minimum absolute atomic E-state index is 0.00747. The molecule has 0 rings (SSSR count). The van der Waals surface area contributed by atoms with Crippen molar-refractivity contribution in [3.63, 3.8) is 0 Å². The second-order valence-electron chi connectivity index (χ2n) is 4.85. The zero-order chi connectivity index (χ0) is 12.6. The summed E-state index contributed by atoms with van der Waals surface area (Å²) in [5, 5.41) is 12.0. The van der Waals surface area contributed by atoms with E-state index in [2.05, 4.69) is 19.2 Å². The third-order valence-corrected chi connectivity index (χ3v) is 2.61. The molecule has 2 unspecified atom stereocenters. The van der Waals surface area contributed by atoms with E-state index < -0.39 is 0 Å². The second-order valence-corrected chi connectivity index (χ2v) is 4.85. The molecular formula is C12H26N2O2. The first-order chi connectivity index (χ1) is 7.51. The van der Waals surface area contributed by atoms with E-state index in [-0.39, 0.29) is 24.5 Å². The topological polar surface area (TPSA) is 75.3 Å². The van der Waals surface area contributed by atoms with E-state index in [1.54, 1.807) is 0 Å². The zero-order valence-corrected chi connectivity index (χ0v) is 10.7. The summed E-state index contributed by atoms with van der Waals surface area (Å²) in [6.45, 7) is 6.68. The summed E-state index contributed by atoms with van der Waals surface area (Å²) in [4.78, 5) is 11.7. The van der Waals surface area contributed by atoms with Crippen LogP contribution in [0.2, 0.25) is 0 Å². The Morgan fingerprint density at radius 3 is 2.44 bits per heavy atom. The Kier molecular flexibility index (Phi) is 8.21. The summed E-state index contributed by atoms with van der Waals surface area (Å²) in [5.41, 5.74) is 5.40. The molecular weight excluding hydrogens is 204 g/mol. The molecule has 0 aromatic heterocycles. The third kappa shape index (κ3) is 6.80. The molecule has 4 nitrogen and oxygen atoms in total. The number of rotatable bonds is 8. The van der Waals surface area contributed by atoms with Crippen molar-refractivity contribution in [2.75, 3.05) is 13.2 Å². The van der Waals surface area contributed by atoms with E-state index in [9.17, 15) is 4.79 Å². The van der Waals surface area contributed by atoms with Crippen LogP contribution in [0.15, 0.2) is 0 Å². The molecule has 0 aliphatic carbocycles. The van der Waals surface area contributed by atoms with Gasteiger partial charge in [0.25, 0.3) is 0 Å². The maximum atomic E-state index is 11.7. The standard InChI is InChI=1S/C12H26N2O2/c1-9(2)7-11(8-15)14-12(16)10(3)5-4-6-13/h9-11,15H,4-8,13H2,1-3H3,(H,14,16). The predicted octanol–water partition coefficient (Wildman–Crippen LogP) is 0.885. The first-order valence-electron chi connectivity index (χ1n) is 6.12. The maximum absolute atomic E-state index is 11.7. The number of carbonyl (C=O) groups is 1. The van der Waals surface area contributed by atoms with Crippen molar-refractivity contribution in [3.8, 4) is 0 Å². The lowest BCUT2D eigenvalue weighted by Crippen LogP contribution is -2.41. The van der Waals surface area contributed by atoms with Crippen LogP contribution in [0.1, 0.15) is 40.0 Å². The van der Waals surface area contributed by atoms with Gasteiger partial charge in [-0.2, -0.15) is 0 Å². The molecule has 0 spiro atoms. The van der Waals surface area contributed by atoms with Crippen LogP contribution >= 0.6 is 0 Å². The lowest BCUT2D eigenvalue weighted by atomic mass is 10.0. The average Bonchev–Trinajstić information content (AvgIpc) is 2.23. The lowest BCUT2D eigenvalue weighted by Gasteiger charge is -2.20. The van der Waals surface area contributed by atoms with Gasteiger partial charge >= 0.3 is 0 Å². The number of aliphatic hydroxyl groups excluding tert-OH is 1. The minimum Gasteiger partial charge on any atom is -0.394 e. The van der Waals surface area contributed by atoms with Crippen molar-refractivity contribution in [1.29, 1.82) is 0 Å². The van der Waals surface area contributed by atoms with E-state index in [4.69, 9.17) is 10.8 Å². The number of nitrogens with one attached hydrogen (secondary N) is 1. The molecule has 0 saturated heterocycles. The number of carbonyl (C=O) groups excluding carboxylic acids is 1. The van der Waals surface area contributed by atoms with Gasteiger partial charge in [-0.3, -0.25) is 4.79 Å². The van der Waals surface area contributed by atoms with E-state index >= 15 is 0 Å². The van der Waals surface area contributed by atoms with Gasteiger partial charge in [0.1, 0.15) is 0 Å². The van der Waals surface area contributed by atoms with Gasteiger partial charge in [0.2, 0.25) is 5.91 Å². The number of amides is 1. The predicted molar refractivity (Wildman–Crippen MR) is 65.9 cm³/mol. The summed E-state index contributed by atoms with van der Waals surface area (Å²) >= 11 is 0. The first kappa shape index (κ1) is 15.4. The maximum Gasteiger partial charge on any atom is 0.223 e. The van der Waals surface area contributed by atoms with Crippen LogP contribution in [0.25, 0.3) is 0 Å². The lowest BCUT2D eigenvalue weighted by molar-refractivity contribution is -0.125. The smallest absolute Gasteiger partial charge is 0.223 e. The van der Waals surface area contributed by atoms with Crippen LogP contribution in [0, 0.1) is 11.8 Å². The third-order valence-electron chi connectivity index (χ3n) is 2.61. The Morgan fingerprint density at radius 2 is 2.00 bits per heavy atom. The second kappa shape index (κ2) is 8.53. The van der Waals surface area contributed by atoms with Crippen LogP contribution < -0.4 is 11.1 Å². The van der Waals surface area contributed by atoms with Crippen LogP contribution in [-0.4, -0.2) is 30.2 Å². The molecule has 1 amide bonds. The molecule has 4 heteroatoms. The highest BCUT2D eigenvalue weighted by Gasteiger charge is 2.17. The highest BCUT2D eigenvalue weighted by Crippen LogP contribution is 2.08. The van der Waals surface area contributed by atoms with Crippen molar-refractivity contribution in [1.82, 2.24) is 5.32 Å². The number of aliphatic hydroxyl groups is 1. The van der Waals surface area contributed by atoms with Crippen LogP contribution in [0.4, 0.5) is 0 Å². The van der Waals surface area contributed by atoms with Gasteiger partial charge in [-0.25, -0.2) is 0 Å². The summed E-state index contributed by atoms with van der Waals surface area (Å²) < 4.78 is 0. The summed E-state index contributed by atoms with van der Waals surface area (Å²) in [6, 6.07) is -0.118. The molecule has 0 aliphatic heterocycles. The van der Waals surface area contributed by atoms with E-state index in [0.717, 1.165) is 19.3 Å². The fourth-order valence-corrected chi connectivity index (χ4v) is 1.65. The van der Waals surface area contributed by atoms with Gasteiger partial charge in [0.05, 0.1) is 12.6 Å². The van der Waals surface area contributed by atoms with Gasteiger partial charge in [-0.15, -0.1) is 0 Å². The van der Waals surface area contributed by atoms with Crippen molar-refractivity contribution >= 4 is 5.91 Å². The molecule has 96 valence electrons. The molecule has 0 aromatic carbocycles. The number of nitrogens with two attached hydrogens (primary N) is 1. The Balaban J connectivity index is 3.98. The van der Waals surface area contributed by atoms with Crippen LogP contribution in [0.5, 0.6) is 0 Å². The number of hydrogen-bond donors (Lipinski definition) is 3. The molecule has 0 radical (unpaired) electrons. The van der Waals surface area contributed by atoms with E-state index in [1.165, 1.54) is 0 Å². The molecule has 0 aromatic rings. The van der Waals surface area contributed by atoms with Gasteiger partial charge in [-0.05, 0) is 31.7 Å². The van der Waals surface area contributed by atoms with Crippen molar-refractivity contribution in [2.24, 2.45) is 17.6 Å². The van der Waals surface area contributed by atoms with Crippen molar-refractivity contribution in [2.45, 2.75) is 46.1 Å². The van der Waals surface area contributed by atoms with Gasteiger partial charge in [-0.1, -0.05) is 20.8 Å². The summed E-state index contributed by atoms with van der Waals surface area (Å²) in [5.74, 6) is 0.467. The highest BCUT2D eigenvalue weighted by atomic mass is 16.3. The fourth-order valence-electron chi connectivity index (χ4n) is 1.65. The Bertz CT molecular complexity index is 195. The van der Waals surface area contributed by atoms with Gasteiger partial charge < -0.3 is 16.2 Å². The normalized spacial score (nSPS) is 14.9. The van der Waals surface area contributed by atoms with E-state index in [1.807, 2.05) is 6.92 Å². The first-order valence-corrected chi connectivity index (χ1v) is 6.12. The Labute approximate surface area is 98.6 Å². The SMILES string of the molecule is CC(C)CC(CO)NC(=O)C(C)CCCN. The monoisotopic (exact) mass is 230 g/mol. The average molecular weight is 230 g/mol. The summed E-state index contributed by atoms with van der Waals surface area (Å²) in [7, 11) is 0. The van der Waals surface area contributed by atoms with Crippen molar-refractivity contribution < 1.29 is 9.90 Å². The molecule has 16 heavy (non-hydrogen) atoms. The molecule has 0 heterocycles. The largest absolute Gasteiger partial charge is 0.394 e. The molecule has 0 bridgehead atoms. The Hall–Kier alpha value is -0.610. The number of hydrogen-bond acceptors (Lipinski definition) is 3. The minimum atomic E-state index is -0.118. The molecule has 0 aliphatic rings. The van der Waals surface area contributed by atoms with Gasteiger partial charge in [0.15, 0.2) is 0 Å². The van der Waals surface area contributed by atoms with Crippen molar-refractivity contribution in [3.05, 3.63) is 0 Å². The molecule has 0 fully saturated rings. The van der Waals surface area contributed by atoms with Crippen LogP contribution in [-0.2, 0) is 4.79 Å². The quantitative estimate of drug-likeness (QED) is 0.579. The molecule has 0 saturated carbocycles. The fraction of sp³-hybridized carbons (Fsp3) is 0.917. The Morgan fingerprint density at radius 1 is 1.38 bits per heavy atom. The van der Waals surface area contributed by atoms with Crippen LogP contribution in [0.3, 0.4) is 0 Å². The zero-order valence-electron chi connectivity index (χ0n) is 10.7. The molecule has 4 N–H and O–H groups in total.